The minimum atomic E-state index is -0.715. The van der Waals surface area contributed by atoms with E-state index in [0.717, 1.165) is 40.1 Å². The van der Waals surface area contributed by atoms with Crippen molar-refractivity contribution in [3.8, 4) is 10.6 Å². The van der Waals surface area contributed by atoms with Crippen LogP contribution in [0.1, 0.15) is 45.1 Å². The van der Waals surface area contributed by atoms with E-state index >= 15 is 0 Å². The first kappa shape index (κ1) is 21.8. The van der Waals surface area contributed by atoms with Gasteiger partial charge in [-0.3, -0.25) is 14.4 Å². The van der Waals surface area contributed by atoms with Gasteiger partial charge < -0.3 is 4.90 Å². The first-order valence-corrected chi connectivity index (χ1v) is 12.4. The Labute approximate surface area is 197 Å². The van der Waals surface area contributed by atoms with Crippen molar-refractivity contribution in [3.63, 3.8) is 0 Å². The zero-order valence-corrected chi connectivity index (χ0v) is 19.9. The lowest BCUT2D eigenvalue weighted by Crippen LogP contribution is -2.50. The number of fused-ring (bicyclic) bond motifs is 1. The van der Waals surface area contributed by atoms with Gasteiger partial charge in [-0.15, -0.1) is 11.3 Å². The second kappa shape index (κ2) is 8.37. The highest BCUT2D eigenvalue weighted by molar-refractivity contribution is 7.21. The van der Waals surface area contributed by atoms with Crippen molar-refractivity contribution in [3.05, 3.63) is 48.0 Å². The Morgan fingerprint density at radius 3 is 2.58 bits per heavy atom. The number of aromatic nitrogens is 1. The van der Waals surface area contributed by atoms with Crippen molar-refractivity contribution in [2.45, 2.75) is 58.5 Å². The van der Waals surface area contributed by atoms with Gasteiger partial charge in [-0.05, 0) is 75.1 Å². The van der Waals surface area contributed by atoms with Crippen LogP contribution in [-0.4, -0.2) is 39.7 Å². The Balaban J connectivity index is 1.40. The Hall–Kier alpha value is -3.06. The summed E-state index contributed by atoms with van der Waals surface area (Å²) in [6.07, 6.45) is 2.53. The molecule has 2 aliphatic rings. The molecule has 1 aromatic heterocycles. The molecule has 1 saturated carbocycles. The van der Waals surface area contributed by atoms with Gasteiger partial charge >= 0.3 is 0 Å². The molecule has 1 aliphatic carbocycles. The molecule has 7 heteroatoms. The molecule has 0 spiro atoms. The van der Waals surface area contributed by atoms with Crippen LogP contribution >= 0.6 is 11.3 Å². The van der Waals surface area contributed by atoms with E-state index < -0.39 is 6.04 Å². The molecule has 0 bridgehead atoms. The topological polar surface area (TPSA) is 70.6 Å². The minimum Gasteiger partial charge on any atom is -0.327 e. The lowest BCUT2D eigenvalue weighted by atomic mass is 10.1. The number of thiazole rings is 1. The highest BCUT2D eigenvalue weighted by Gasteiger charge is 2.48. The third-order valence-electron chi connectivity index (χ3n) is 6.62. The number of carbonyl (C=O) groups is 3. The van der Waals surface area contributed by atoms with Crippen molar-refractivity contribution >= 4 is 45.0 Å². The Bertz CT molecular complexity index is 1250. The Kier molecular flexibility index (Phi) is 5.52. The summed E-state index contributed by atoms with van der Waals surface area (Å²) in [6.45, 7) is 6.01. The van der Waals surface area contributed by atoms with Crippen LogP contribution in [0.3, 0.4) is 0 Å². The summed E-state index contributed by atoms with van der Waals surface area (Å²) < 4.78 is 1.13. The summed E-state index contributed by atoms with van der Waals surface area (Å²) in [6, 6.07) is 12.8. The number of aryl methyl sites for hydroxylation is 1. The predicted octanol–water partition coefficient (Wildman–Crippen LogP) is 4.94. The first-order chi connectivity index (χ1) is 15.9. The van der Waals surface area contributed by atoms with Gasteiger partial charge in [0, 0.05) is 17.5 Å². The molecule has 2 heterocycles. The number of benzene rings is 2. The van der Waals surface area contributed by atoms with Crippen LogP contribution < -0.4 is 4.90 Å². The maximum atomic E-state index is 13.3. The summed E-state index contributed by atoms with van der Waals surface area (Å²) in [7, 11) is 0. The third kappa shape index (κ3) is 3.95. The smallest absolute Gasteiger partial charge is 0.257 e. The lowest BCUT2D eigenvalue weighted by molar-refractivity contribution is -0.141. The van der Waals surface area contributed by atoms with Crippen molar-refractivity contribution in [1.82, 2.24) is 9.88 Å². The summed E-state index contributed by atoms with van der Waals surface area (Å²) >= 11 is 1.62. The summed E-state index contributed by atoms with van der Waals surface area (Å²) in [4.78, 5) is 46.8. The molecule has 2 fully saturated rings. The van der Waals surface area contributed by atoms with E-state index in [9.17, 15) is 14.4 Å². The molecule has 1 aliphatic heterocycles. The molecule has 0 radical (unpaired) electrons. The molecule has 3 amide bonds. The number of hydrogen-bond donors (Lipinski definition) is 0. The van der Waals surface area contributed by atoms with Gasteiger partial charge in [-0.25, -0.2) is 9.88 Å². The summed E-state index contributed by atoms with van der Waals surface area (Å²) in [5.41, 5.74) is 3.64. The van der Waals surface area contributed by atoms with E-state index in [-0.39, 0.29) is 36.1 Å². The normalized spacial score (nSPS) is 19.4. The molecule has 6 nitrogen and oxygen atoms in total. The van der Waals surface area contributed by atoms with E-state index in [0.29, 0.717) is 5.69 Å². The number of hydrogen-bond acceptors (Lipinski definition) is 5. The molecule has 33 heavy (non-hydrogen) atoms. The predicted molar refractivity (Wildman–Crippen MR) is 130 cm³/mol. The maximum Gasteiger partial charge on any atom is 0.257 e. The highest BCUT2D eigenvalue weighted by Crippen LogP contribution is 2.36. The van der Waals surface area contributed by atoms with Gasteiger partial charge in [0.1, 0.15) is 11.0 Å². The Morgan fingerprint density at radius 1 is 1.18 bits per heavy atom. The van der Waals surface area contributed by atoms with Gasteiger partial charge in [-0.1, -0.05) is 13.0 Å². The number of rotatable bonds is 6. The largest absolute Gasteiger partial charge is 0.327 e. The molecule has 5 rings (SSSR count). The molecule has 2 atom stereocenters. The summed E-state index contributed by atoms with van der Waals surface area (Å²) in [5, 5.41) is 0.900. The number of imide groups is 1. The highest BCUT2D eigenvalue weighted by atomic mass is 32.1. The van der Waals surface area contributed by atoms with E-state index in [4.69, 9.17) is 4.98 Å². The lowest BCUT2D eigenvalue weighted by Gasteiger charge is -2.33. The van der Waals surface area contributed by atoms with E-state index in [2.05, 4.69) is 13.0 Å². The van der Waals surface area contributed by atoms with Crippen molar-refractivity contribution in [2.75, 3.05) is 4.90 Å². The Morgan fingerprint density at radius 2 is 1.91 bits per heavy atom. The molecule has 170 valence electrons. The van der Waals surface area contributed by atoms with Crippen LogP contribution in [0.4, 0.5) is 5.69 Å². The zero-order valence-electron chi connectivity index (χ0n) is 19.1. The van der Waals surface area contributed by atoms with Crippen LogP contribution in [-0.2, 0) is 14.4 Å². The minimum absolute atomic E-state index is 0.00725. The number of anilines is 1. The summed E-state index contributed by atoms with van der Waals surface area (Å²) in [5.74, 6) is -0.547. The van der Waals surface area contributed by atoms with Crippen molar-refractivity contribution in [1.29, 1.82) is 0 Å². The zero-order chi connectivity index (χ0) is 23.3. The van der Waals surface area contributed by atoms with Crippen LogP contribution in [0.15, 0.2) is 42.5 Å². The van der Waals surface area contributed by atoms with Crippen LogP contribution in [0.5, 0.6) is 0 Å². The maximum absolute atomic E-state index is 13.3. The monoisotopic (exact) mass is 461 g/mol. The van der Waals surface area contributed by atoms with Crippen molar-refractivity contribution in [2.24, 2.45) is 5.92 Å². The molecular weight excluding hydrogens is 434 g/mol. The van der Waals surface area contributed by atoms with Gasteiger partial charge in [0.15, 0.2) is 0 Å². The average molecular weight is 462 g/mol. The third-order valence-corrected chi connectivity index (χ3v) is 7.69. The SMILES string of the molecule is CCC(C)N(C(=O)C1CC1)C1CC(=O)N(c2ccc(-c3nc4ccc(C)cc4s3)cc2)C1=O. The standard InChI is InChI=1S/C26H27N3O3S/c1-4-16(3)28(25(31)18-6-7-18)21-14-23(30)29(26(21)32)19-10-8-17(9-11-19)24-27-20-12-5-15(2)13-22(20)33-24/h5,8-13,16,18,21H,4,6-7,14H2,1-3H3. The van der Waals surface area contributed by atoms with E-state index in [1.54, 1.807) is 28.4 Å². The second-order valence-corrected chi connectivity index (χ2v) is 10.1. The molecule has 2 unspecified atom stereocenters. The number of nitrogens with zero attached hydrogens (tertiary/aromatic N) is 3. The first-order valence-electron chi connectivity index (χ1n) is 11.5. The molecule has 3 aromatic rings. The quantitative estimate of drug-likeness (QED) is 0.488. The van der Waals surface area contributed by atoms with Crippen LogP contribution in [0.2, 0.25) is 0 Å². The van der Waals surface area contributed by atoms with E-state index in [1.807, 2.05) is 38.1 Å². The van der Waals surface area contributed by atoms with Crippen LogP contribution in [0.25, 0.3) is 20.8 Å². The molecule has 0 N–H and O–H groups in total. The van der Waals surface area contributed by atoms with Gasteiger partial charge in [-0.2, -0.15) is 0 Å². The molecular formula is C26H27N3O3S. The van der Waals surface area contributed by atoms with Gasteiger partial charge in [0.25, 0.3) is 5.91 Å². The van der Waals surface area contributed by atoms with Gasteiger partial charge in [0.05, 0.1) is 22.3 Å². The second-order valence-electron chi connectivity index (χ2n) is 9.10. The van der Waals surface area contributed by atoms with Crippen molar-refractivity contribution < 1.29 is 14.4 Å². The fourth-order valence-corrected chi connectivity index (χ4v) is 5.50. The van der Waals surface area contributed by atoms with E-state index in [1.165, 1.54) is 10.5 Å². The van der Waals surface area contributed by atoms with Gasteiger partial charge in [0.2, 0.25) is 11.8 Å². The van der Waals surface area contributed by atoms with Crippen LogP contribution in [0, 0.1) is 12.8 Å². The number of carbonyl (C=O) groups excluding carboxylic acids is 3. The molecule has 2 aromatic carbocycles. The molecule has 1 saturated heterocycles. The number of amides is 3. The fraction of sp³-hybridized carbons (Fsp3) is 0.385. The fourth-order valence-electron chi connectivity index (χ4n) is 4.43. The average Bonchev–Trinajstić information content (AvgIpc) is 3.51.